The predicted molar refractivity (Wildman–Crippen MR) is 231 cm³/mol. The van der Waals surface area contributed by atoms with E-state index in [0.717, 1.165) is 72.4 Å². The van der Waals surface area contributed by atoms with Crippen LogP contribution in [0, 0.1) is 0 Å². The summed E-state index contributed by atoms with van der Waals surface area (Å²) in [6.07, 6.45) is -0.425. The van der Waals surface area contributed by atoms with Crippen molar-refractivity contribution < 1.29 is 4.42 Å². The molecule has 1 aliphatic heterocycles. The lowest BCUT2D eigenvalue weighted by Crippen LogP contribution is -2.33. The molecule has 2 aromatic heterocycles. The fraction of sp³-hybridized carbons (Fsp3) is 0.0196. The van der Waals surface area contributed by atoms with Gasteiger partial charge in [0.25, 0.3) is 0 Å². The van der Waals surface area contributed by atoms with Gasteiger partial charge in [0.2, 0.25) is 0 Å². The van der Waals surface area contributed by atoms with Crippen LogP contribution in [0.3, 0.4) is 0 Å². The van der Waals surface area contributed by atoms with E-state index in [2.05, 4.69) is 180 Å². The van der Waals surface area contributed by atoms with Crippen LogP contribution in [0.25, 0.3) is 71.7 Å². The van der Waals surface area contributed by atoms with Crippen molar-refractivity contribution in [1.29, 1.82) is 0 Å². The zero-order chi connectivity index (χ0) is 37.0. The number of para-hydroxylation sites is 3. The number of furan rings is 1. The van der Waals surface area contributed by atoms with Crippen molar-refractivity contribution >= 4 is 55.4 Å². The van der Waals surface area contributed by atoms with Crippen LogP contribution in [0.1, 0.15) is 22.9 Å². The minimum Gasteiger partial charge on any atom is -0.456 e. The van der Waals surface area contributed by atoms with Crippen LogP contribution in [-0.4, -0.2) is 16.2 Å². The van der Waals surface area contributed by atoms with Crippen LogP contribution < -0.4 is 5.32 Å². The Kier molecular flexibility index (Phi) is 7.49. The van der Waals surface area contributed by atoms with Crippen molar-refractivity contribution in [2.24, 2.45) is 9.98 Å². The maximum Gasteiger partial charge on any atom is 0.159 e. The van der Waals surface area contributed by atoms with E-state index in [0.29, 0.717) is 5.84 Å². The molecule has 0 saturated carbocycles. The summed E-state index contributed by atoms with van der Waals surface area (Å²) in [5.41, 5.74) is 12.6. The Hall–Kier alpha value is -7.50. The summed E-state index contributed by atoms with van der Waals surface area (Å²) in [5, 5.41) is 8.26. The fourth-order valence-electron chi connectivity index (χ4n) is 8.17. The average molecular weight is 719 g/mol. The molecule has 1 aliphatic rings. The van der Waals surface area contributed by atoms with E-state index < -0.39 is 6.17 Å². The highest BCUT2D eigenvalue weighted by Crippen LogP contribution is 2.39. The molecule has 56 heavy (non-hydrogen) atoms. The van der Waals surface area contributed by atoms with Gasteiger partial charge in [-0.1, -0.05) is 146 Å². The Morgan fingerprint density at radius 3 is 1.91 bits per heavy atom. The normalized spacial score (nSPS) is 14.2. The molecular weight excluding hydrogens is 685 g/mol. The van der Waals surface area contributed by atoms with Crippen LogP contribution in [0.15, 0.2) is 209 Å². The van der Waals surface area contributed by atoms with Gasteiger partial charge in [0, 0.05) is 43.9 Å². The minimum atomic E-state index is -0.425. The Labute approximate surface area is 323 Å². The van der Waals surface area contributed by atoms with Gasteiger partial charge in [-0.25, -0.2) is 9.98 Å². The quantitative estimate of drug-likeness (QED) is 0.186. The SMILES string of the molecule is c1ccc(C2=NC(c3cccc4c3oc3cc(-c5ccc6c(c5)c5ccccc5n6-c5ccccc5)ccc34)NC(c3cccc(-c4ccccc4)c3)=N2)cc1. The molecule has 0 amide bonds. The van der Waals surface area contributed by atoms with Gasteiger partial charge in [-0.15, -0.1) is 0 Å². The molecular formula is C51H34N4O. The van der Waals surface area contributed by atoms with Gasteiger partial charge in [-0.2, -0.15) is 0 Å². The third-order valence-corrected chi connectivity index (χ3v) is 10.9. The number of benzene rings is 8. The fourth-order valence-corrected chi connectivity index (χ4v) is 8.17. The van der Waals surface area contributed by atoms with Gasteiger partial charge in [0.05, 0.1) is 11.0 Å². The summed E-state index contributed by atoms with van der Waals surface area (Å²) < 4.78 is 9.17. The molecule has 264 valence electrons. The van der Waals surface area contributed by atoms with Gasteiger partial charge >= 0.3 is 0 Å². The number of nitrogens with one attached hydrogen (secondary N) is 1. The molecule has 0 spiro atoms. The first kappa shape index (κ1) is 32.0. The topological polar surface area (TPSA) is 54.8 Å². The Morgan fingerprint density at radius 1 is 0.446 bits per heavy atom. The minimum absolute atomic E-state index is 0.425. The van der Waals surface area contributed by atoms with Gasteiger partial charge in [-0.05, 0) is 70.8 Å². The number of nitrogens with zero attached hydrogens (tertiary/aromatic N) is 3. The Bertz CT molecular complexity index is 3160. The molecule has 1 atom stereocenters. The third kappa shape index (κ3) is 5.40. The third-order valence-electron chi connectivity index (χ3n) is 10.9. The van der Waals surface area contributed by atoms with Crippen molar-refractivity contribution in [3.8, 4) is 27.9 Å². The molecule has 5 heteroatoms. The molecule has 11 rings (SSSR count). The highest BCUT2D eigenvalue weighted by atomic mass is 16.3. The maximum absolute atomic E-state index is 6.82. The number of rotatable bonds is 6. The molecule has 1 N–H and O–H groups in total. The lowest BCUT2D eigenvalue weighted by atomic mass is 10.0. The maximum atomic E-state index is 6.82. The van der Waals surface area contributed by atoms with Crippen LogP contribution in [0.5, 0.6) is 0 Å². The van der Waals surface area contributed by atoms with E-state index in [1.165, 1.54) is 21.8 Å². The highest BCUT2D eigenvalue weighted by molar-refractivity contribution is 6.14. The van der Waals surface area contributed by atoms with Crippen LogP contribution in [0.2, 0.25) is 0 Å². The molecule has 10 aromatic rings. The van der Waals surface area contributed by atoms with E-state index in [1.807, 2.05) is 24.3 Å². The number of hydrogen-bond acceptors (Lipinski definition) is 4. The molecule has 0 bridgehead atoms. The average Bonchev–Trinajstić information content (AvgIpc) is 3.82. The molecule has 0 aliphatic carbocycles. The molecule has 1 unspecified atom stereocenters. The first-order valence-electron chi connectivity index (χ1n) is 18.9. The van der Waals surface area contributed by atoms with E-state index in [-0.39, 0.29) is 0 Å². The van der Waals surface area contributed by atoms with Crippen molar-refractivity contribution in [2.45, 2.75) is 6.17 Å². The number of hydrogen-bond donors (Lipinski definition) is 1. The van der Waals surface area contributed by atoms with Crippen molar-refractivity contribution in [3.05, 3.63) is 211 Å². The predicted octanol–water partition coefficient (Wildman–Crippen LogP) is 12.5. The highest BCUT2D eigenvalue weighted by Gasteiger charge is 2.25. The zero-order valence-corrected chi connectivity index (χ0v) is 30.3. The first-order chi connectivity index (χ1) is 27.7. The van der Waals surface area contributed by atoms with Crippen molar-refractivity contribution in [2.75, 3.05) is 0 Å². The molecule has 0 fully saturated rings. The van der Waals surface area contributed by atoms with E-state index in [1.54, 1.807) is 0 Å². The summed E-state index contributed by atoms with van der Waals surface area (Å²) in [4.78, 5) is 10.3. The number of fused-ring (bicyclic) bond motifs is 6. The van der Waals surface area contributed by atoms with Gasteiger partial charge in [-0.3, -0.25) is 0 Å². The smallest absolute Gasteiger partial charge is 0.159 e. The summed E-state index contributed by atoms with van der Waals surface area (Å²) >= 11 is 0. The summed E-state index contributed by atoms with van der Waals surface area (Å²) in [6, 6.07) is 68.0. The number of aromatic nitrogens is 1. The lowest BCUT2D eigenvalue weighted by Gasteiger charge is -2.24. The molecule has 0 saturated heterocycles. The van der Waals surface area contributed by atoms with Crippen LogP contribution in [-0.2, 0) is 0 Å². The first-order valence-corrected chi connectivity index (χ1v) is 18.9. The standard InChI is InChI=1S/C51H34N4O/c1-4-14-33(15-5-1)35-18-12-19-38(30-35)50-52-49(34-16-6-2-7-17-34)53-51(54-50)43-24-13-23-42-41-28-26-37(32-47(41)56-48(42)43)36-27-29-46-44(31-36)40-22-10-11-25-45(40)55(46)39-20-8-3-9-21-39/h1-32,51H,(H,52,53,54). The van der Waals surface area contributed by atoms with E-state index >= 15 is 0 Å². The number of aliphatic imine (C=N–C) groups is 2. The number of amidine groups is 2. The second kappa shape index (κ2) is 13.1. The van der Waals surface area contributed by atoms with Crippen molar-refractivity contribution in [1.82, 2.24) is 9.88 Å². The van der Waals surface area contributed by atoms with E-state index in [4.69, 9.17) is 14.4 Å². The lowest BCUT2D eigenvalue weighted by molar-refractivity contribution is 0.628. The summed E-state index contributed by atoms with van der Waals surface area (Å²) in [5.74, 6) is 1.44. The second-order valence-corrected chi connectivity index (χ2v) is 14.2. The Balaban J connectivity index is 1.00. The molecule has 5 nitrogen and oxygen atoms in total. The molecule has 3 heterocycles. The molecule has 8 aromatic carbocycles. The molecule has 0 radical (unpaired) electrons. The summed E-state index contributed by atoms with van der Waals surface area (Å²) in [7, 11) is 0. The van der Waals surface area contributed by atoms with Crippen LogP contribution in [0.4, 0.5) is 0 Å². The van der Waals surface area contributed by atoms with E-state index in [9.17, 15) is 0 Å². The van der Waals surface area contributed by atoms with Gasteiger partial charge in [0.1, 0.15) is 17.0 Å². The largest absolute Gasteiger partial charge is 0.456 e. The van der Waals surface area contributed by atoms with Gasteiger partial charge in [0.15, 0.2) is 12.0 Å². The second-order valence-electron chi connectivity index (χ2n) is 14.2. The van der Waals surface area contributed by atoms with Crippen LogP contribution >= 0.6 is 0 Å². The van der Waals surface area contributed by atoms with Gasteiger partial charge < -0.3 is 14.3 Å². The monoisotopic (exact) mass is 718 g/mol. The Morgan fingerprint density at radius 2 is 1.07 bits per heavy atom. The van der Waals surface area contributed by atoms with Crippen molar-refractivity contribution in [3.63, 3.8) is 0 Å². The summed E-state index contributed by atoms with van der Waals surface area (Å²) in [6.45, 7) is 0. The zero-order valence-electron chi connectivity index (χ0n) is 30.3.